The van der Waals surface area contributed by atoms with Crippen LogP contribution in [0, 0.1) is 0 Å². The second kappa shape index (κ2) is 9.13. The first kappa shape index (κ1) is 21.3. The van der Waals surface area contributed by atoms with Gasteiger partial charge in [-0.05, 0) is 54.3 Å². The molecule has 2 aliphatic heterocycles. The lowest BCUT2D eigenvalue weighted by molar-refractivity contribution is -0.135. The van der Waals surface area contributed by atoms with Crippen LogP contribution in [0.3, 0.4) is 0 Å². The van der Waals surface area contributed by atoms with E-state index in [-0.39, 0.29) is 11.9 Å². The van der Waals surface area contributed by atoms with Crippen LogP contribution in [0.4, 0.5) is 5.95 Å². The molecule has 1 atom stereocenters. The molecule has 2 saturated heterocycles. The van der Waals surface area contributed by atoms with Crippen molar-refractivity contribution in [1.82, 2.24) is 35.1 Å². The van der Waals surface area contributed by atoms with Crippen molar-refractivity contribution in [2.24, 2.45) is 7.05 Å². The van der Waals surface area contributed by atoms with E-state index < -0.39 is 6.10 Å². The number of likely N-dealkylation sites (tertiary alicyclic amines) is 1. The summed E-state index contributed by atoms with van der Waals surface area (Å²) in [6.45, 7) is 4.53. The minimum absolute atomic E-state index is 0.0802. The SMILES string of the molecule is CCc1cnc(N2CCC(N3CCC(Oc4ccc(-c5nnn(C)n5)cc4)C3=O)CC2)nc1. The second-order valence-electron chi connectivity index (χ2n) is 8.52. The average Bonchev–Trinajstić information content (AvgIpc) is 3.45. The highest BCUT2D eigenvalue weighted by molar-refractivity contribution is 5.83. The van der Waals surface area contributed by atoms with Gasteiger partial charge in [0.15, 0.2) is 6.10 Å². The molecule has 1 unspecified atom stereocenters. The predicted molar refractivity (Wildman–Crippen MR) is 122 cm³/mol. The molecule has 5 rings (SSSR count). The highest BCUT2D eigenvalue weighted by Gasteiger charge is 2.38. The molecule has 0 bridgehead atoms. The number of carbonyl (C=O) groups is 1. The van der Waals surface area contributed by atoms with Gasteiger partial charge in [0.2, 0.25) is 11.8 Å². The first-order valence-corrected chi connectivity index (χ1v) is 11.5. The van der Waals surface area contributed by atoms with E-state index >= 15 is 0 Å². The standard InChI is InChI=1S/C23H28N8O2/c1-3-16-14-24-23(25-15-16)30-11-8-18(9-12-30)31-13-10-20(22(31)32)33-19-6-4-17(5-7-19)21-26-28-29(2)27-21/h4-7,14-15,18,20H,3,8-13H2,1-2H3. The number of tetrazole rings is 1. The van der Waals surface area contributed by atoms with Crippen molar-refractivity contribution in [3.8, 4) is 17.1 Å². The lowest BCUT2D eigenvalue weighted by atomic mass is 10.0. The fourth-order valence-corrected chi connectivity index (χ4v) is 4.46. The second-order valence-corrected chi connectivity index (χ2v) is 8.52. The van der Waals surface area contributed by atoms with Crippen molar-refractivity contribution in [1.29, 1.82) is 0 Å². The molecule has 0 N–H and O–H groups in total. The maximum absolute atomic E-state index is 13.1. The minimum Gasteiger partial charge on any atom is -0.481 e. The Morgan fingerprint density at radius 3 is 2.39 bits per heavy atom. The summed E-state index contributed by atoms with van der Waals surface area (Å²) in [5.41, 5.74) is 2.00. The van der Waals surface area contributed by atoms with Gasteiger partial charge >= 0.3 is 0 Å². The summed E-state index contributed by atoms with van der Waals surface area (Å²) in [7, 11) is 1.73. The number of aryl methyl sites for hydroxylation is 2. The fourth-order valence-electron chi connectivity index (χ4n) is 4.46. The minimum atomic E-state index is -0.437. The molecular formula is C23H28N8O2. The third-order valence-corrected chi connectivity index (χ3v) is 6.38. The summed E-state index contributed by atoms with van der Waals surface area (Å²) in [5.74, 6) is 2.09. The van der Waals surface area contributed by atoms with E-state index in [1.807, 2.05) is 41.6 Å². The number of piperidine rings is 1. The van der Waals surface area contributed by atoms with Gasteiger partial charge in [-0.3, -0.25) is 4.79 Å². The quantitative estimate of drug-likeness (QED) is 0.563. The molecule has 10 heteroatoms. The number of rotatable bonds is 6. The number of hydrogen-bond acceptors (Lipinski definition) is 8. The van der Waals surface area contributed by atoms with Gasteiger partial charge in [-0.1, -0.05) is 6.92 Å². The van der Waals surface area contributed by atoms with E-state index in [1.54, 1.807) is 7.05 Å². The van der Waals surface area contributed by atoms with Crippen molar-refractivity contribution in [2.45, 2.75) is 44.8 Å². The van der Waals surface area contributed by atoms with Crippen LogP contribution in [0.5, 0.6) is 5.75 Å². The highest BCUT2D eigenvalue weighted by Crippen LogP contribution is 2.27. The zero-order valence-corrected chi connectivity index (χ0v) is 19.0. The van der Waals surface area contributed by atoms with E-state index in [2.05, 4.69) is 37.2 Å². The van der Waals surface area contributed by atoms with Gasteiger partial charge in [-0.15, -0.1) is 10.2 Å². The molecule has 1 aromatic carbocycles. The van der Waals surface area contributed by atoms with Gasteiger partial charge in [0.25, 0.3) is 5.91 Å². The van der Waals surface area contributed by atoms with Gasteiger partial charge in [0.05, 0.1) is 7.05 Å². The van der Waals surface area contributed by atoms with Crippen molar-refractivity contribution in [3.05, 3.63) is 42.2 Å². The smallest absolute Gasteiger partial charge is 0.263 e. The van der Waals surface area contributed by atoms with E-state index in [1.165, 1.54) is 4.80 Å². The Hall–Kier alpha value is -3.56. The summed E-state index contributed by atoms with van der Waals surface area (Å²) >= 11 is 0. The summed E-state index contributed by atoms with van der Waals surface area (Å²) in [6, 6.07) is 7.71. The Balaban J connectivity index is 1.15. The van der Waals surface area contributed by atoms with Crippen molar-refractivity contribution in [2.75, 3.05) is 24.5 Å². The molecule has 0 spiro atoms. The van der Waals surface area contributed by atoms with Crippen molar-refractivity contribution >= 4 is 11.9 Å². The number of carbonyl (C=O) groups excluding carboxylic acids is 1. The summed E-state index contributed by atoms with van der Waals surface area (Å²) < 4.78 is 6.03. The zero-order chi connectivity index (χ0) is 22.8. The number of hydrogen-bond donors (Lipinski definition) is 0. The Morgan fingerprint density at radius 2 is 1.76 bits per heavy atom. The normalized spacial score (nSPS) is 19.3. The van der Waals surface area contributed by atoms with Crippen LogP contribution in [0.15, 0.2) is 36.7 Å². The molecule has 2 aliphatic rings. The Labute approximate surface area is 192 Å². The number of amides is 1. The van der Waals surface area contributed by atoms with E-state index in [0.717, 1.165) is 56.0 Å². The first-order valence-electron chi connectivity index (χ1n) is 11.5. The summed E-state index contributed by atoms with van der Waals surface area (Å²) in [6.07, 6.45) is 6.83. The van der Waals surface area contributed by atoms with Crippen LogP contribution >= 0.6 is 0 Å². The molecule has 2 fully saturated rings. The van der Waals surface area contributed by atoms with Crippen LogP contribution in [0.1, 0.15) is 31.7 Å². The molecule has 0 aliphatic carbocycles. The van der Waals surface area contributed by atoms with Gasteiger partial charge in [0, 0.05) is 50.1 Å². The number of nitrogens with zero attached hydrogens (tertiary/aromatic N) is 8. The van der Waals surface area contributed by atoms with Crippen LogP contribution in [-0.2, 0) is 18.3 Å². The molecule has 3 aromatic rings. The lowest BCUT2D eigenvalue weighted by Gasteiger charge is -2.36. The highest BCUT2D eigenvalue weighted by atomic mass is 16.5. The van der Waals surface area contributed by atoms with E-state index in [4.69, 9.17) is 4.74 Å². The van der Waals surface area contributed by atoms with Gasteiger partial charge in [-0.2, -0.15) is 4.80 Å². The Morgan fingerprint density at radius 1 is 1.03 bits per heavy atom. The molecule has 10 nitrogen and oxygen atoms in total. The van der Waals surface area contributed by atoms with Gasteiger partial charge in [-0.25, -0.2) is 9.97 Å². The van der Waals surface area contributed by atoms with Gasteiger partial charge < -0.3 is 14.5 Å². The van der Waals surface area contributed by atoms with Crippen LogP contribution in [0.2, 0.25) is 0 Å². The van der Waals surface area contributed by atoms with Crippen molar-refractivity contribution in [3.63, 3.8) is 0 Å². The number of aromatic nitrogens is 6. The van der Waals surface area contributed by atoms with E-state index in [0.29, 0.717) is 18.0 Å². The summed E-state index contributed by atoms with van der Waals surface area (Å²) in [5, 5.41) is 12.1. The van der Waals surface area contributed by atoms with Crippen LogP contribution in [-0.4, -0.2) is 72.8 Å². The summed E-state index contributed by atoms with van der Waals surface area (Å²) in [4.78, 5) is 27.7. The third-order valence-electron chi connectivity index (χ3n) is 6.38. The largest absolute Gasteiger partial charge is 0.481 e. The Kier molecular flexibility index (Phi) is 5.89. The third kappa shape index (κ3) is 4.50. The molecule has 2 aromatic heterocycles. The molecule has 1 amide bonds. The van der Waals surface area contributed by atoms with Crippen LogP contribution in [0.25, 0.3) is 11.4 Å². The topological polar surface area (TPSA) is 102 Å². The zero-order valence-electron chi connectivity index (χ0n) is 19.0. The molecular weight excluding hydrogens is 420 g/mol. The fraction of sp³-hybridized carbons (Fsp3) is 0.478. The predicted octanol–water partition coefficient (Wildman–Crippen LogP) is 1.88. The lowest BCUT2D eigenvalue weighted by Crippen LogP contribution is -2.47. The molecule has 172 valence electrons. The molecule has 0 radical (unpaired) electrons. The maximum Gasteiger partial charge on any atom is 0.263 e. The maximum atomic E-state index is 13.1. The first-order chi connectivity index (χ1) is 16.1. The molecule has 4 heterocycles. The molecule has 33 heavy (non-hydrogen) atoms. The van der Waals surface area contributed by atoms with Crippen LogP contribution < -0.4 is 9.64 Å². The van der Waals surface area contributed by atoms with E-state index in [9.17, 15) is 4.79 Å². The Bertz CT molecular complexity index is 1090. The average molecular weight is 449 g/mol. The number of ether oxygens (including phenoxy) is 1. The number of anilines is 1. The number of benzene rings is 1. The molecule has 0 saturated carbocycles. The van der Waals surface area contributed by atoms with Gasteiger partial charge in [0.1, 0.15) is 5.75 Å². The monoisotopic (exact) mass is 448 g/mol. The van der Waals surface area contributed by atoms with Crippen molar-refractivity contribution < 1.29 is 9.53 Å².